The van der Waals surface area contributed by atoms with Gasteiger partial charge in [0.15, 0.2) is 11.6 Å². The molecule has 0 fully saturated rings. The van der Waals surface area contributed by atoms with Crippen molar-refractivity contribution in [2.75, 3.05) is 7.11 Å². The molecule has 3 rings (SSSR count). The van der Waals surface area contributed by atoms with Gasteiger partial charge in [-0.3, -0.25) is 9.59 Å². The molecule has 2 aromatic rings. The van der Waals surface area contributed by atoms with Crippen molar-refractivity contribution < 1.29 is 14.3 Å². The fourth-order valence-electron chi connectivity index (χ4n) is 3.20. The summed E-state index contributed by atoms with van der Waals surface area (Å²) in [6.07, 6.45) is 2.02. The zero-order valence-electron chi connectivity index (χ0n) is 13.9. The van der Waals surface area contributed by atoms with Gasteiger partial charge in [-0.25, -0.2) is 0 Å². The number of allylic oxidation sites excluding steroid dienone is 2. The lowest BCUT2D eigenvalue weighted by Gasteiger charge is -2.29. The van der Waals surface area contributed by atoms with E-state index < -0.39 is 5.92 Å². The minimum Gasteiger partial charge on any atom is -0.501 e. The Bertz CT molecular complexity index is 772. The summed E-state index contributed by atoms with van der Waals surface area (Å²) in [4.78, 5) is 25.6. The zero-order chi connectivity index (χ0) is 17.1. The molecule has 0 radical (unpaired) electrons. The maximum absolute atomic E-state index is 13.0. The van der Waals surface area contributed by atoms with Crippen LogP contribution in [-0.2, 0) is 9.53 Å². The number of ketones is 2. The first-order valence-electron chi connectivity index (χ1n) is 8.04. The molecule has 122 valence electrons. The molecule has 2 unspecified atom stereocenters. The lowest BCUT2D eigenvalue weighted by atomic mass is 9.73. The van der Waals surface area contributed by atoms with Crippen LogP contribution in [-0.4, -0.2) is 18.7 Å². The fourth-order valence-corrected chi connectivity index (χ4v) is 3.20. The van der Waals surface area contributed by atoms with Crippen molar-refractivity contribution in [2.45, 2.75) is 19.3 Å². The molecule has 1 aliphatic carbocycles. The number of Topliss-reactive ketones (excluding diaryl/α,β-unsaturated/α-hetero) is 1. The van der Waals surface area contributed by atoms with Gasteiger partial charge in [0.2, 0.25) is 0 Å². The summed E-state index contributed by atoms with van der Waals surface area (Å²) < 4.78 is 5.30. The summed E-state index contributed by atoms with van der Waals surface area (Å²) in [7, 11) is 1.56. The van der Waals surface area contributed by atoms with E-state index in [0.717, 1.165) is 11.1 Å². The second-order valence-corrected chi connectivity index (χ2v) is 6.15. The van der Waals surface area contributed by atoms with Gasteiger partial charge in [0.1, 0.15) is 0 Å². The minimum atomic E-state index is -0.700. The van der Waals surface area contributed by atoms with Crippen LogP contribution in [0.5, 0.6) is 0 Å². The average Bonchev–Trinajstić information content (AvgIpc) is 2.62. The Labute approximate surface area is 142 Å². The Balaban J connectivity index is 2.02. The van der Waals surface area contributed by atoms with Crippen LogP contribution in [0.1, 0.15) is 33.8 Å². The third-order valence-electron chi connectivity index (χ3n) is 4.54. The highest BCUT2D eigenvalue weighted by atomic mass is 16.5. The highest BCUT2D eigenvalue weighted by molar-refractivity contribution is 6.15. The highest BCUT2D eigenvalue weighted by Crippen LogP contribution is 2.38. The quantitative estimate of drug-likeness (QED) is 0.630. The number of carbonyl (C=O) groups is 2. The summed E-state index contributed by atoms with van der Waals surface area (Å²) in [5.74, 6) is -0.586. The molecule has 0 N–H and O–H groups in total. The molecule has 0 saturated carbocycles. The van der Waals surface area contributed by atoms with Gasteiger partial charge in [-0.05, 0) is 12.5 Å². The number of hydrogen-bond acceptors (Lipinski definition) is 3. The summed E-state index contributed by atoms with van der Waals surface area (Å²) >= 11 is 0. The molecular formula is C21H20O3. The molecule has 0 spiro atoms. The molecule has 0 bridgehead atoms. The number of hydrogen-bond donors (Lipinski definition) is 0. The molecule has 3 nitrogen and oxygen atoms in total. The highest BCUT2D eigenvalue weighted by Gasteiger charge is 2.39. The SMILES string of the molecule is COC1=CC(=O)C(C(=O)c2ccccc2)C(c2ccc(C)cc2)C1. The minimum absolute atomic E-state index is 0.127. The van der Waals surface area contributed by atoms with Crippen molar-refractivity contribution in [1.29, 1.82) is 0 Å². The number of benzene rings is 2. The van der Waals surface area contributed by atoms with Gasteiger partial charge in [-0.2, -0.15) is 0 Å². The molecule has 0 aliphatic heterocycles. The van der Waals surface area contributed by atoms with Crippen molar-refractivity contribution >= 4 is 11.6 Å². The van der Waals surface area contributed by atoms with Crippen molar-refractivity contribution in [2.24, 2.45) is 5.92 Å². The summed E-state index contributed by atoms with van der Waals surface area (Å²) in [6, 6.07) is 17.0. The number of aryl methyl sites for hydroxylation is 1. The molecule has 0 saturated heterocycles. The van der Waals surface area contributed by atoms with E-state index in [0.29, 0.717) is 17.7 Å². The van der Waals surface area contributed by atoms with Crippen LogP contribution in [0.4, 0.5) is 0 Å². The van der Waals surface area contributed by atoms with Crippen LogP contribution in [0.2, 0.25) is 0 Å². The van der Waals surface area contributed by atoms with Crippen molar-refractivity contribution in [3.63, 3.8) is 0 Å². The lowest BCUT2D eigenvalue weighted by Crippen LogP contribution is -2.33. The van der Waals surface area contributed by atoms with Crippen LogP contribution in [0.15, 0.2) is 66.4 Å². The molecule has 24 heavy (non-hydrogen) atoms. The summed E-state index contributed by atoms with van der Waals surface area (Å²) in [6.45, 7) is 2.02. The van der Waals surface area contributed by atoms with Crippen molar-refractivity contribution in [3.05, 3.63) is 83.1 Å². The van der Waals surface area contributed by atoms with Crippen LogP contribution in [0.25, 0.3) is 0 Å². The number of carbonyl (C=O) groups excluding carboxylic acids is 2. The second-order valence-electron chi connectivity index (χ2n) is 6.15. The predicted molar refractivity (Wildman–Crippen MR) is 92.9 cm³/mol. The van der Waals surface area contributed by atoms with Crippen molar-refractivity contribution in [3.8, 4) is 0 Å². The van der Waals surface area contributed by atoms with E-state index in [1.165, 1.54) is 6.08 Å². The molecule has 2 atom stereocenters. The van der Waals surface area contributed by atoms with Gasteiger partial charge >= 0.3 is 0 Å². The number of rotatable bonds is 4. The van der Waals surface area contributed by atoms with Crippen LogP contribution in [0, 0.1) is 12.8 Å². The van der Waals surface area contributed by atoms with Gasteiger partial charge < -0.3 is 4.74 Å². The molecule has 1 aliphatic rings. The van der Waals surface area contributed by atoms with E-state index in [4.69, 9.17) is 4.74 Å². The molecule has 0 aromatic heterocycles. The average molecular weight is 320 g/mol. The largest absolute Gasteiger partial charge is 0.501 e. The number of methoxy groups -OCH3 is 1. The maximum atomic E-state index is 13.0. The van der Waals surface area contributed by atoms with E-state index in [1.54, 1.807) is 19.2 Å². The monoisotopic (exact) mass is 320 g/mol. The van der Waals surface area contributed by atoms with Gasteiger partial charge in [0.25, 0.3) is 0 Å². The summed E-state index contributed by atoms with van der Waals surface area (Å²) in [5, 5.41) is 0. The van der Waals surface area contributed by atoms with E-state index in [1.807, 2.05) is 49.4 Å². The molecule has 2 aromatic carbocycles. The van der Waals surface area contributed by atoms with Crippen molar-refractivity contribution in [1.82, 2.24) is 0 Å². The van der Waals surface area contributed by atoms with E-state index in [2.05, 4.69) is 0 Å². The number of ether oxygens (including phenoxy) is 1. The van der Waals surface area contributed by atoms with Crippen LogP contribution >= 0.6 is 0 Å². The molecule has 0 heterocycles. The third-order valence-corrected chi connectivity index (χ3v) is 4.54. The molecular weight excluding hydrogens is 300 g/mol. The molecule has 0 amide bonds. The Morgan fingerprint density at radius 1 is 1.04 bits per heavy atom. The smallest absolute Gasteiger partial charge is 0.174 e. The molecule has 3 heteroatoms. The Kier molecular flexibility index (Phi) is 4.61. The first-order chi connectivity index (χ1) is 11.6. The Hall–Kier alpha value is -2.68. The van der Waals surface area contributed by atoms with E-state index >= 15 is 0 Å². The topological polar surface area (TPSA) is 43.4 Å². The lowest BCUT2D eigenvalue weighted by molar-refractivity contribution is -0.118. The Morgan fingerprint density at radius 2 is 1.71 bits per heavy atom. The summed E-state index contributed by atoms with van der Waals surface area (Å²) in [5.41, 5.74) is 2.71. The van der Waals surface area contributed by atoms with Gasteiger partial charge in [0.05, 0.1) is 18.8 Å². The van der Waals surface area contributed by atoms with Gasteiger partial charge in [-0.15, -0.1) is 0 Å². The van der Waals surface area contributed by atoms with E-state index in [-0.39, 0.29) is 17.5 Å². The standard InChI is InChI=1S/C21H20O3/c1-14-8-10-15(11-9-14)18-12-17(24-2)13-19(22)20(18)21(23)16-6-4-3-5-7-16/h3-11,13,18,20H,12H2,1-2H3. The first kappa shape index (κ1) is 16.2. The van der Waals surface area contributed by atoms with Gasteiger partial charge in [-0.1, -0.05) is 60.2 Å². The zero-order valence-corrected chi connectivity index (χ0v) is 13.9. The third kappa shape index (κ3) is 3.16. The predicted octanol–water partition coefficient (Wildman–Crippen LogP) is 4.08. The van der Waals surface area contributed by atoms with Crippen LogP contribution in [0.3, 0.4) is 0 Å². The Morgan fingerprint density at radius 3 is 2.33 bits per heavy atom. The van der Waals surface area contributed by atoms with E-state index in [9.17, 15) is 9.59 Å². The van der Waals surface area contributed by atoms with Crippen LogP contribution < -0.4 is 0 Å². The fraction of sp³-hybridized carbons (Fsp3) is 0.238. The second kappa shape index (κ2) is 6.83. The normalized spacial score (nSPS) is 20.4. The van der Waals surface area contributed by atoms with Gasteiger partial charge in [0, 0.05) is 24.0 Å². The first-order valence-corrected chi connectivity index (χ1v) is 8.04. The maximum Gasteiger partial charge on any atom is 0.174 e.